The van der Waals surface area contributed by atoms with Crippen LogP contribution in [0.15, 0.2) is 22.0 Å². The summed E-state index contributed by atoms with van der Waals surface area (Å²) in [5, 5.41) is 8.36. The van der Waals surface area contributed by atoms with E-state index in [2.05, 4.69) is 22.3 Å². The summed E-state index contributed by atoms with van der Waals surface area (Å²) in [6, 6.07) is 3.53. The van der Waals surface area contributed by atoms with E-state index in [4.69, 9.17) is 10.3 Å². The Kier molecular flexibility index (Phi) is 4.34. The van der Waals surface area contributed by atoms with Crippen molar-refractivity contribution in [3.05, 3.63) is 39.4 Å². The molecule has 0 atom stereocenters. The molecule has 0 saturated carbocycles. The first-order valence-electron chi connectivity index (χ1n) is 5.67. The highest BCUT2D eigenvalue weighted by Gasteiger charge is 2.11. The lowest BCUT2D eigenvalue weighted by Gasteiger charge is -1.98. The molecule has 0 aliphatic carbocycles. The van der Waals surface area contributed by atoms with Crippen LogP contribution in [0.1, 0.15) is 26.7 Å². The minimum atomic E-state index is -0.274. The van der Waals surface area contributed by atoms with E-state index in [0.717, 1.165) is 10.4 Å². The summed E-state index contributed by atoms with van der Waals surface area (Å²) in [6.45, 7) is 2.54. The predicted octanol–water partition coefficient (Wildman–Crippen LogP) is 1.28. The molecule has 2 rings (SSSR count). The van der Waals surface area contributed by atoms with Crippen molar-refractivity contribution < 1.29 is 9.32 Å². The van der Waals surface area contributed by atoms with Crippen molar-refractivity contribution in [2.24, 2.45) is 5.73 Å². The van der Waals surface area contributed by atoms with Gasteiger partial charge in [-0.25, -0.2) is 0 Å². The average Bonchev–Trinajstić information content (AvgIpc) is 3.02. The Morgan fingerprint density at radius 1 is 1.58 bits per heavy atom. The fourth-order valence-corrected chi connectivity index (χ4v) is 2.17. The second-order valence-corrected chi connectivity index (χ2v) is 4.82. The van der Waals surface area contributed by atoms with E-state index < -0.39 is 0 Å². The van der Waals surface area contributed by atoms with Gasteiger partial charge in [0.05, 0.1) is 18.8 Å². The van der Waals surface area contributed by atoms with E-state index in [0.29, 0.717) is 18.8 Å². The van der Waals surface area contributed by atoms with Gasteiger partial charge in [0.1, 0.15) is 0 Å². The molecule has 0 saturated heterocycles. The smallest absolute Gasteiger partial charge is 0.290 e. The van der Waals surface area contributed by atoms with E-state index in [1.165, 1.54) is 11.3 Å². The fourth-order valence-electron chi connectivity index (χ4n) is 1.42. The van der Waals surface area contributed by atoms with Gasteiger partial charge in [0.15, 0.2) is 0 Å². The average molecular weight is 275 g/mol. The van der Waals surface area contributed by atoms with Crippen LogP contribution in [0.25, 0.3) is 0 Å². The second kappa shape index (κ2) is 6.18. The number of rotatable bonds is 3. The molecule has 19 heavy (non-hydrogen) atoms. The third-order valence-electron chi connectivity index (χ3n) is 2.26. The lowest BCUT2D eigenvalue weighted by molar-refractivity contribution is 0.0914. The van der Waals surface area contributed by atoms with Crippen LogP contribution in [0.2, 0.25) is 0 Å². The van der Waals surface area contributed by atoms with E-state index in [-0.39, 0.29) is 11.7 Å². The van der Waals surface area contributed by atoms with Crippen molar-refractivity contribution in [1.82, 2.24) is 10.5 Å². The first-order valence-corrected chi connectivity index (χ1v) is 6.55. The van der Waals surface area contributed by atoms with Crippen molar-refractivity contribution in [2.45, 2.75) is 13.5 Å². The number of carbonyl (C=O) groups excluding carboxylic acids is 1. The van der Waals surface area contributed by atoms with Crippen molar-refractivity contribution in [2.75, 3.05) is 6.54 Å². The van der Waals surface area contributed by atoms with Gasteiger partial charge in [-0.15, -0.1) is 11.3 Å². The van der Waals surface area contributed by atoms with Gasteiger partial charge >= 0.3 is 0 Å². The topological polar surface area (TPSA) is 81.2 Å². The number of aryl methyl sites for hydroxylation is 1. The van der Waals surface area contributed by atoms with Gasteiger partial charge in [-0.1, -0.05) is 17.0 Å². The Hall–Kier alpha value is -2.10. The lowest BCUT2D eigenvalue weighted by Crippen LogP contribution is -2.21. The van der Waals surface area contributed by atoms with E-state index in [1.54, 1.807) is 13.0 Å². The van der Waals surface area contributed by atoms with Crippen LogP contribution in [0.5, 0.6) is 0 Å². The number of hydrogen-bond acceptors (Lipinski definition) is 5. The van der Waals surface area contributed by atoms with Crippen LogP contribution in [0.4, 0.5) is 0 Å². The Balaban J connectivity index is 1.92. The molecule has 98 valence electrons. The van der Waals surface area contributed by atoms with Crippen LogP contribution in [0.3, 0.4) is 0 Å². The minimum Gasteiger partial charge on any atom is -0.351 e. The van der Waals surface area contributed by atoms with Crippen LogP contribution < -0.4 is 11.1 Å². The molecule has 5 nitrogen and oxygen atoms in total. The molecule has 0 fully saturated rings. The molecule has 0 unspecified atom stereocenters. The highest BCUT2D eigenvalue weighted by atomic mass is 32.1. The SMILES string of the molecule is Cc1cc(C(=O)NCc2cc(C#CCN)cs2)on1. The molecule has 0 spiro atoms. The molecule has 0 bridgehead atoms. The molecule has 0 radical (unpaired) electrons. The zero-order chi connectivity index (χ0) is 13.7. The van der Waals surface area contributed by atoms with Gasteiger partial charge in [-0.3, -0.25) is 4.79 Å². The summed E-state index contributed by atoms with van der Waals surface area (Å²) in [5.74, 6) is 5.67. The summed E-state index contributed by atoms with van der Waals surface area (Å²) < 4.78 is 4.88. The highest BCUT2D eigenvalue weighted by Crippen LogP contribution is 2.13. The first kappa shape index (κ1) is 13.3. The van der Waals surface area contributed by atoms with Crippen LogP contribution >= 0.6 is 11.3 Å². The maximum atomic E-state index is 11.7. The van der Waals surface area contributed by atoms with Crippen LogP contribution in [-0.4, -0.2) is 17.6 Å². The third-order valence-corrected chi connectivity index (χ3v) is 3.20. The maximum absolute atomic E-state index is 11.7. The maximum Gasteiger partial charge on any atom is 0.290 e. The number of thiophene rings is 1. The lowest BCUT2D eigenvalue weighted by atomic mass is 10.3. The molecule has 2 aromatic rings. The number of nitrogens with two attached hydrogens (primary N) is 1. The van der Waals surface area contributed by atoms with E-state index in [1.807, 2.05) is 11.4 Å². The number of nitrogens with one attached hydrogen (secondary N) is 1. The molecule has 2 heterocycles. The van der Waals surface area contributed by atoms with Gasteiger partial charge in [-0.05, 0) is 13.0 Å². The quantitative estimate of drug-likeness (QED) is 0.827. The summed E-state index contributed by atoms with van der Waals surface area (Å²) in [5.41, 5.74) is 6.90. The van der Waals surface area contributed by atoms with Gasteiger partial charge in [-0.2, -0.15) is 0 Å². The Bertz CT molecular complexity index is 634. The van der Waals surface area contributed by atoms with Crippen molar-refractivity contribution in [3.8, 4) is 11.8 Å². The highest BCUT2D eigenvalue weighted by molar-refractivity contribution is 7.10. The van der Waals surface area contributed by atoms with E-state index >= 15 is 0 Å². The van der Waals surface area contributed by atoms with Gasteiger partial charge in [0.25, 0.3) is 5.91 Å². The standard InChI is InChI=1S/C13H13N3O2S/c1-9-5-12(18-16-9)13(17)15-7-11-6-10(8-19-11)3-2-4-14/h5-6,8H,4,7,14H2,1H3,(H,15,17). The predicted molar refractivity (Wildman–Crippen MR) is 72.7 cm³/mol. The zero-order valence-electron chi connectivity index (χ0n) is 10.4. The second-order valence-electron chi connectivity index (χ2n) is 3.82. The number of carbonyl (C=O) groups is 1. The van der Waals surface area contributed by atoms with Gasteiger partial charge in [0, 0.05) is 21.9 Å². The molecular weight excluding hydrogens is 262 g/mol. The normalized spacial score (nSPS) is 9.79. The van der Waals surface area contributed by atoms with E-state index in [9.17, 15) is 4.79 Å². The summed E-state index contributed by atoms with van der Waals surface area (Å²) in [6.07, 6.45) is 0. The summed E-state index contributed by atoms with van der Waals surface area (Å²) >= 11 is 1.54. The van der Waals surface area contributed by atoms with Gasteiger partial charge < -0.3 is 15.6 Å². The number of hydrogen-bond donors (Lipinski definition) is 2. The molecule has 1 amide bonds. The summed E-state index contributed by atoms with van der Waals surface area (Å²) in [4.78, 5) is 12.7. The van der Waals surface area contributed by atoms with Crippen molar-refractivity contribution in [1.29, 1.82) is 0 Å². The van der Waals surface area contributed by atoms with Crippen LogP contribution in [0, 0.1) is 18.8 Å². The van der Waals surface area contributed by atoms with Crippen molar-refractivity contribution >= 4 is 17.2 Å². The molecule has 0 aliphatic heterocycles. The Morgan fingerprint density at radius 3 is 3.11 bits per heavy atom. The zero-order valence-corrected chi connectivity index (χ0v) is 11.2. The molecule has 0 aromatic carbocycles. The van der Waals surface area contributed by atoms with Crippen LogP contribution in [-0.2, 0) is 6.54 Å². The van der Waals surface area contributed by atoms with Gasteiger partial charge in [0.2, 0.25) is 5.76 Å². The Labute approximate surface area is 114 Å². The number of amides is 1. The fraction of sp³-hybridized carbons (Fsp3) is 0.231. The molecule has 2 aromatic heterocycles. The molecule has 3 N–H and O–H groups in total. The third kappa shape index (κ3) is 3.68. The first-order chi connectivity index (χ1) is 9.19. The number of aromatic nitrogens is 1. The largest absolute Gasteiger partial charge is 0.351 e. The molecular formula is C13H13N3O2S. The molecule has 6 heteroatoms. The monoisotopic (exact) mass is 275 g/mol. The van der Waals surface area contributed by atoms with Crippen molar-refractivity contribution in [3.63, 3.8) is 0 Å². The molecule has 0 aliphatic rings. The summed E-state index contributed by atoms with van der Waals surface area (Å²) in [7, 11) is 0. The number of nitrogens with zero attached hydrogens (tertiary/aromatic N) is 1. The Morgan fingerprint density at radius 2 is 2.42 bits per heavy atom. The minimum absolute atomic E-state index is 0.220.